The number of aromatic nitrogens is 2. The van der Waals surface area contributed by atoms with Gasteiger partial charge in [-0.25, -0.2) is 4.98 Å². The van der Waals surface area contributed by atoms with Gasteiger partial charge in [-0.1, -0.05) is 48.5 Å². The molecule has 0 bridgehead atoms. The molecule has 0 saturated carbocycles. The Kier molecular flexibility index (Phi) is 5.98. The van der Waals surface area contributed by atoms with Crippen molar-refractivity contribution in [1.29, 1.82) is 0 Å². The molecule has 4 aromatic rings. The van der Waals surface area contributed by atoms with E-state index in [2.05, 4.69) is 14.9 Å². The van der Waals surface area contributed by atoms with E-state index < -0.39 is 5.91 Å². The summed E-state index contributed by atoms with van der Waals surface area (Å²) in [7, 11) is 0. The van der Waals surface area contributed by atoms with E-state index in [1.54, 1.807) is 30.7 Å². The van der Waals surface area contributed by atoms with Gasteiger partial charge in [0.15, 0.2) is 0 Å². The van der Waals surface area contributed by atoms with Gasteiger partial charge < -0.3 is 20.7 Å². The lowest BCUT2D eigenvalue weighted by atomic mass is 10.0. The van der Waals surface area contributed by atoms with Gasteiger partial charge in [-0.2, -0.15) is 0 Å². The van der Waals surface area contributed by atoms with Crippen molar-refractivity contribution in [3.8, 4) is 16.9 Å². The highest BCUT2D eigenvalue weighted by atomic mass is 16.3. The summed E-state index contributed by atoms with van der Waals surface area (Å²) in [5.41, 5.74) is 10.7. The molecule has 0 unspecified atom stereocenters. The van der Waals surface area contributed by atoms with Crippen LogP contribution >= 0.6 is 0 Å². The van der Waals surface area contributed by atoms with Crippen molar-refractivity contribution in [2.75, 3.05) is 11.4 Å². The zero-order valence-corrected chi connectivity index (χ0v) is 17.0. The quantitative estimate of drug-likeness (QED) is 0.405. The number of nitrogens with one attached hydrogen (secondary N) is 1. The molecule has 1 aromatic heterocycles. The maximum absolute atomic E-state index is 11.4. The molecule has 4 rings (SSSR count). The Morgan fingerprint density at radius 2 is 1.77 bits per heavy atom. The van der Waals surface area contributed by atoms with Crippen molar-refractivity contribution >= 4 is 11.6 Å². The lowest BCUT2D eigenvalue weighted by Gasteiger charge is -2.26. The number of phenols is 1. The molecule has 0 radical (unpaired) electrons. The first kappa shape index (κ1) is 20.2. The van der Waals surface area contributed by atoms with E-state index in [-0.39, 0.29) is 5.75 Å². The molecule has 1 amide bonds. The van der Waals surface area contributed by atoms with Crippen LogP contribution in [0.5, 0.6) is 5.75 Å². The van der Waals surface area contributed by atoms with Crippen molar-refractivity contribution in [3.05, 3.63) is 102 Å². The van der Waals surface area contributed by atoms with Crippen LogP contribution in [0, 0.1) is 0 Å². The number of nitrogens with zero attached hydrogens (tertiary/aromatic N) is 2. The number of imidazole rings is 1. The van der Waals surface area contributed by atoms with Crippen LogP contribution in [0.4, 0.5) is 5.69 Å². The number of primary amides is 1. The van der Waals surface area contributed by atoms with Gasteiger partial charge in [0.05, 0.1) is 12.0 Å². The average Bonchev–Trinajstić information content (AvgIpc) is 3.32. The summed E-state index contributed by atoms with van der Waals surface area (Å²) in [6.45, 7) is 1.24. The Labute approximate surface area is 181 Å². The van der Waals surface area contributed by atoms with Gasteiger partial charge in [0.2, 0.25) is 5.91 Å². The number of carbonyl (C=O) groups excluding carboxylic acids is 1. The number of benzene rings is 3. The lowest BCUT2D eigenvalue weighted by Crippen LogP contribution is -2.25. The third-order valence-corrected chi connectivity index (χ3v) is 5.24. The van der Waals surface area contributed by atoms with Crippen molar-refractivity contribution in [2.24, 2.45) is 5.73 Å². The molecule has 1 heterocycles. The van der Waals surface area contributed by atoms with Gasteiger partial charge in [-0.3, -0.25) is 4.79 Å². The molecular formula is C25H24N4O2. The largest absolute Gasteiger partial charge is 0.506 e. The van der Waals surface area contributed by atoms with Crippen LogP contribution in [0.15, 0.2) is 85.3 Å². The Morgan fingerprint density at radius 3 is 2.45 bits per heavy atom. The molecule has 31 heavy (non-hydrogen) atoms. The predicted molar refractivity (Wildman–Crippen MR) is 122 cm³/mol. The van der Waals surface area contributed by atoms with Crippen LogP contribution in [0.3, 0.4) is 0 Å². The van der Waals surface area contributed by atoms with Gasteiger partial charge in [0.1, 0.15) is 5.75 Å². The number of nitrogens with two attached hydrogens (primary N) is 1. The Balaban J connectivity index is 1.65. The van der Waals surface area contributed by atoms with Crippen LogP contribution in [-0.4, -0.2) is 27.5 Å². The molecule has 0 aliphatic rings. The maximum Gasteiger partial charge on any atom is 0.248 e. The second kappa shape index (κ2) is 9.17. The van der Waals surface area contributed by atoms with E-state index in [4.69, 9.17) is 5.73 Å². The highest BCUT2D eigenvalue weighted by molar-refractivity contribution is 5.92. The fraction of sp³-hybridized carbons (Fsp3) is 0.120. The van der Waals surface area contributed by atoms with Crippen molar-refractivity contribution in [1.82, 2.24) is 9.97 Å². The smallest absolute Gasteiger partial charge is 0.248 e. The monoisotopic (exact) mass is 412 g/mol. The number of carbonyl (C=O) groups is 1. The lowest BCUT2D eigenvalue weighted by molar-refractivity contribution is 0.100. The van der Waals surface area contributed by atoms with Crippen LogP contribution in [0.2, 0.25) is 0 Å². The zero-order valence-electron chi connectivity index (χ0n) is 17.0. The second-order valence-electron chi connectivity index (χ2n) is 7.38. The van der Waals surface area contributed by atoms with Crippen molar-refractivity contribution in [3.63, 3.8) is 0 Å². The van der Waals surface area contributed by atoms with Gasteiger partial charge in [-0.05, 0) is 41.0 Å². The first-order valence-corrected chi connectivity index (χ1v) is 10.1. The molecule has 6 heteroatoms. The minimum absolute atomic E-state index is 0.220. The van der Waals surface area contributed by atoms with E-state index in [9.17, 15) is 9.90 Å². The van der Waals surface area contributed by atoms with E-state index in [0.717, 1.165) is 34.5 Å². The first-order chi connectivity index (χ1) is 15.1. The summed E-state index contributed by atoms with van der Waals surface area (Å²) in [4.78, 5) is 20.7. The molecule has 0 fully saturated rings. The molecule has 4 N–H and O–H groups in total. The van der Waals surface area contributed by atoms with Crippen LogP contribution in [0.1, 0.15) is 21.6 Å². The maximum atomic E-state index is 11.4. The minimum Gasteiger partial charge on any atom is -0.506 e. The Morgan fingerprint density at radius 1 is 1.00 bits per heavy atom. The molecule has 3 aromatic carbocycles. The van der Waals surface area contributed by atoms with Gasteiger partial charge in [-0.15, -0.1) is 0 Å². The number of amides is 1. The average molecular weight is 412 g/mol. The van der Waals surface area contributed by atoms with Crippen LogP contribution in [0.25, 0.3) is 11.1 Å². The molecule has 0 spiro atoms. The number of aromatic hydroxyl groups is 1. The molecule has 0 aliphatic carbocycles. The molecule has 0 atom stereocenters. The first-order valence-electron chi connectivity index (χ1n) is 10.1. The third-order valence-electron chi connectivity index (χ3n) is 5.24. The number of aromatic amines is 1. The number of rotatable bonds is 8. The highest BCUT2D eigenvalue weighted by Crippen LogP contribution is 2.33. The normalized spacial score (nSPS) is 10.7. The van der Waals surface area contributed by atoms with Crippen LogP contribution in [-0.2, 0) is 13.0 Å². The Bertz CT molecular complexity index is 1140. The standard InChI is InChI=1S/C25H24N4O2/c26-25(31)20-8-6-18(7-9-20)16-29(13-12-22-15-27-17-28-22)23-14-21(10-11-24(23)30)19-4-2-1-3-5-19/h1-11,14-15,17,30H,12-13,16H2,(H2,26,31)(H,27,28). The Hall–Kier alpha value is -4.06. The molecule has 0 saturated heterocycles. The van der Waals surface area contributed by atoms with Crippen molar-refractivity contribution < 1.29 is 9.90 Å². The number of anilines is 1. The molecule has 156 valence electrons. The van der Waals surface area contributed by atoms with Gasteiger partial charge >= 0.3 is 0 Å². The SMILES string of the molecule is NC(=O)c1ccc(CN(CCc2cnc[nH]2)c2cc(-c3ccccc3)ccc2O)cc1. The summed E-state index contributed by atoms with van der Waals surface area (Å²) in [5.74, 6) is -0.228. The number of hydrogen-bond donors (Lipinski definition) is 3. The zero-order chi connectivity index (χ0) is 21.6. The predicted octanol–water partition coefficient (Wildman–Crippen LogP) is 4.13. The van der Waals surface area contributed by atoms with E-state index >= 15 is 0 Å². The fourth-order valence-electron chi connectivity index (χ4n) is 3.54. The fourth-order valence-corrected chi connectivity index (χ4v) is 3.54. The number of phenolic OH excluding ortho intramolecular Hbond substituents is 1. The topological polar surface area (TPSA) is 95.2 Å². The summed E-state index contributed by atoms with van der Waals surface area (Å²) in [6.07, 6.45) is 4.21. The van der Waals surface area contributed by atoms with Crippen LogP contribution < -0.4 is 10.6 Å². The minimum atomic E-state index is -0.448. The van der Waals surface area contributed by atoms with Gasteiger partial charge in [0, 0.05) is 37.0 Å². The molecular weight excluding hydrogens is 388 g/mol. The van der Waals surface area contributed by atoms with E-state index in [1.807, 2.05) is 54.6 Å². The summed E-state index contributed by atoms with van der Waals surface area (Å²) >= 11 is 0. The summed E-state index contributed by atoms with van der Waals surface area (Å²) in [6, 6.07) is 23.0. The molecule has 6 nitrogen and oxygen atoms in total. The number of H-pyrrole nitrogens is 1. The second-order valence-corrected chi connectivity index (χ2v) is 7.38. The van der Waals surface area contributed by atoms with Gasteiger partial charge in [0.25, 0.3) is 0 Å². The van der Waals surface area contributed by atoms with Crippen molar-refractivity contribution in [2.45, 2.75) is 13.0 Å². The third kappa shape index (κ3) is 4.93. The summed E-state index contributed by atoms with van der Waals surface area (Å²) in [5, 5.41) is 10.7. The number of hydrogen-bond acceptors (Lipinski definition) is 4. The van der Waals surface area contributed by atoms with E-state index in [0.29, 0.717) is 18.7 Å². The molecule has 0 aliphatic heterocycles. The summed E-state index contributed by atoms with van der Waals surface area (Å²) < 4.78 is 0. The van der Waals surface area contributed by atoms with E-state index in [1.165, 1.54) is 0 Å². The highest BCUT2D eigenvalue weighted by Gasteiger charge is 2.14.